The largest absolute Gasteiger partial charge is 0.497 e. The van der Waals surface area contributed by atoms with Gasteiger partial charge in [-0.25, -0.2) is 0 Å². The van der Waals surface area contributed by atoms with Crippen LogP contribution in [0.4, 0.5) is 5.69 Å². The van der Waals surface area contributed by atoms with Gasteiger partial charge < -0.3 is 4.74 Å². The first-order chi connectivity index (χ1) is 8.19. The molecule has 88 valence electrons. The smallest absolute Gasteiger partial charge is 0.307 e. The number of nitro groups is 1. The third-order valence-electron chi connectivity index (χ3n) is 2.31. The fourth-order valence-electron chi connectivity index (χ4n) is 1.49. The number of aromatic nitrogens is 2. The Morgan fingerprint density at radius 2 is 2.35 bits per heavy atom. The molecule has 2 rings (SSSR count). The van der Waals surface area contributed by atoms with Crippen LogP contribution >= 0.6 is 0 Å². The molecule has 0 aliphatic heterocycles. The number of benzene rings is 1. The Labute approximate surface area is 97.6 Å². The van der Waals surface area contributed by atoms with E-state index < -0.39 is 4.92 Å². The van der Waals surface area contributed by atoms with Gasteiger partial charge >= 0.3 is 5.69 Å². The predicted octanol–water partition coefficient (Wildman–Crippen LogP) is 1.85. The van der Waals surface area contributed by atoms with Gasteiger partial charge in [0.2, 0.25) is 0 Å². The number of hydrogen-bond acceptors (Lipinski definition) is 4. The molecular formula is C11H11N3O3. The van der Waals surface area contributed by atoms with Crippen molar-refractivity contribution >= 4 is 5.69 Å². The molecule has 0 fully saturated rings. The van der Waals surface area contributed by atoms with E-state index in [0.717, 1.165) is 11.3 Å². The molecule has 0 bridgehead atoms. The van der Waals surface area contributed by atoms with E-state index in [0.29, 0.717) is 6.54 Å². The fourth-order valence-corrected chi connectivity index (χ4v) is 1.49. The van der Waals surface area contributed by atoms with Gasteiger partial charge in [-0.1, -0.05) is 12.1 Å². The number of rotatable bonds is 4. The van der Waals surface area contributed by atoms with Crippen LogP contribution in [-0.4, -0.2) is 21.8 Å². The lowest BCUT2D eigenvalue weighted by atomic mass is 10.2. The molecule has 0 atom stereocenters. The summed E-state index contributed by atoms with van der Waals surface area (Å²) in [5, 5.41) is 14.4. The van der Waals surface area contributed by atoms with Crippen molar-refractivity contribution in [2.75, 3.05) is 7.11 Å². The second kappa shape index (κ2) is 4.65. The number of ether oxygens (including phenoxy) is 1. The minimum atomic E-state index is -0.463. The van der Waals surface area contributed by atoms with Crippen molar-refractivity contribution in [3.63, 3.8) is 0 Å². The predicted molar refractivity (Wildman–Crippen MR) is 61.0 cm³/mol. The van der Waals surface area contributed by atoms with Crippen LogP contribution in [0.2, 0.25) is 0 Å². The van der Waals surface area contributed by atoms with Gasteiger partial charge in [-0.15, -0.1) is 0 Å². The van der Waals surface area contributed by atoms with E-state index in [1.807, 2.05) is 24.3 Å². The summed E-state index contributed by atoms with van der Waals surface area (Å²) in [6.07, 6.45) is 2.64. The summed E-state index contributed by atoms with van der Waals surface area (Å²) in [7, 11) is 1.60. The first-order valence-electron chi connectivity index (χ1n) is 4.99. The highest BCUT2D eigenvalue weighted by Gasteiger charge is 2.08. The van der Waals surface area contributed by atoms with Gasteiger partial charge in [0.15, 0.2) is 0 Å². The molecule has 0 spiro atoms. The van der Waals surface area contributed by atoms with E-state index in [4.69, 9.17) is 4.74 Å². The van der Waals surface area contributed by atoms with Gasteiger partial charge in [0.1, 0.15) is 18.1 Å². The lowest BCUT2D eigenvalue weighted by molar-refractivity contribution is -0.385. The Hall–Kier alpha value is -2.37. The molecule has 6 heteroatoms. The topological polar surface area (TPSA) is 70.2 Å². The maximum atomic E-state index is 10.5. The Morgan fingerprint density at radius 3 is 3.00 bits per heavy atom. The zero-order chi connectivity index (χ0) is 12.3. The summed E-state index contributed by atoms with van der Waals surface area (Å²) < 4.78 is 6.62. The summed E-state index contributed by atoms with van der Waals surface area (Å²) in [5.41, 5.74) is 0.968. The SMILES string of the molecule is COc1cccc(Cn2cc([N+](=O)[O-])cn2)c1. The molecular weight excluding hydrogens is 222 g/mol. The minimum absolute atomic E-state index is 0.00658. The maximum Gasteiger partial charge on any atom is 0.307 e. The highest BCUT2D eigenvalue weighted by molar-refractivity contribution is 5.29. The van der Waals surface area contributed by atoms with Gasteiger partial charge in [0, 0.05) is 0 Å². The first kappa shape index (κ1) is 11.1. The Morgan fingerprint density at radius 1 is 1.53 bits per heavy atom. The Bertz CT molecular complexity index is 536. The highest BCUT2D eigenvalue weighted by Crippen LogP contribution is 2.14. The minimum Gasteiger partial charge on any atom is -0.497 e. The molecule has 0 unspecified atom stereocenters. The van der Waals surface area contributed by atoms with Gasteiger partial charge in [0.05, 0.1) is 18.6 Å². The van der Waals surface area contributed by atoms with Crippen LogP contribution in [0.1, 0.15) is 5.56 Å². The zero-order valence-electron chi connectivity index (χ0n) is 9.24. The monoisotopic (exact) mass is 233 g/mol. The molecule has 2 aromatic rings. The molecule has 0 aliphatic rings. The number of hydrogen-bond donors (Lipinski definition) is 0. The Balaban J connectivity index is 2.16. The molecule has 1 aromatic carbocycles. The lowest BCUT2D eigenvalue weighted by Gasteiger charge is -2.04. The molecule has 0 amide bonds. The molecule has 1 heterocycles. The number of nitrogens with zero attached hydrogens (tertiary/aromatic N) is 3. The van der Waals surface area contributed by atoms with Crippen LogP contribution in [0.15, 0.2) is 36.7 Å². The van der Waals surface area contributed by atoms with Gasteiger partial charge in [-0.05, 0) is 17.7 Å². The van der Waals surface area contributed by atoms with Crippen molar-refractivity contribution in [1.29, 1.82) is 0 Å². The van der Waals surface area contributed by atoms with Crippen LogP contribution in [0, 0.1) is 10.1 Å². The van der Waals surface area contributed by atoms with E-state index in [1.54, 1.807) is 7.11 Å². The van der Waals surface area contributed by atoms with Crippen LogP contribution < -0.4 is 4.74 Å². The molecule has 17 heavy (non-hydrogen) atoms. The Kier molecular flexibility index (Phi) is 3.04. The highest BCUT2D eigenvalue weighted by atomic mass is 16.6. The molecule has 0 aliphatic carbocycles. The third-order valence-corrected chi connectivity index (χ3v) is 2.31. The van der Waals surface area contributed by atoms with Crippen LogP contribution in [0.5, 0.6) is 5.75 Å². The molecule has 0 saturated heterocycles. The molecule has 0 saturated carbocycles. The van der Waals surface area contributed by atoms with Crippen LogP contribution in [0.25, 0.3) is 0 Å². The van der Waals surface area contributed by atoms with E-state index in [2.05, 4.69) is 5.10 Å². The second-order valence-electron chi connectivity index (χ2n) is 3.50. The van der Waals surface area contributed by atoms with Crippen molar-refractivity contribution in [2.45, 2.75) is 6.54 Å². The van der Waals surface area contributed by atoms with Gasteiger partial charge in [0.25, 0.3) is 0 Å². The summed E-state index contributed by atoms with van der Waals surface area (Å²) >= 11 is 0. The van der Waals surface area contributed by atoms with Crippen molar-refractivity contribution in [2.24, 2.45) is 0 Å². The standard InChI is InChI=1S/C11H11N3O3/c1-17-11-4-2-3-9(5-11)7-13-8-10(6-12-13)14(15)16/h2-6,8H,7H2,1H3. The van der Waals surface area contributed by atoms with E-state index in [-0.39, 0.29) is 5.69 Å². The summed E-state index contributed by atoms with van der Waals surface area (Å²) in [5.74, 6) is 0.754. The van der Waals surface area contributed by atoms with Crippen molar-refractivity contribution < 1.29 is 9.66 Å². The van der Waals surface area contributed by atoms with Gasteiger partial charge in [-0.3, -0.25) is 14.8 Å². The summed E-state index contributed by atoms with van der Waals surface area (Å²) in [6, 6.07) is 7.49. The average molecular weight is 233 g/mol. The quantitative estimate of drug-likeness (QED) is 0.596. The molecule has 0 radical (unpaired) electrons. The van der Waals surface area contributed by atoms with Crippen LogP contribution in [-0.2, 0) is 6.54 Å². The first-order valence-corrected chi connectivity index (χ1v) is 4.99. The van der Waals surface area contributed by atoms with Crippen molar-refractivity contribution in [3.05, 3.63) is 52.3 Å². The van der Waals surface area contributed by atoms with E-state index in [1.165, 1.54) is 17.1 Å². The normalized spacial score (nSPS) is 10.2. The molecule has 6 nitrogen and oxygen atoms in total. The maximum absolute atomic E-state index is 10.5. The third kappa shape index (κ3) is 2.60. The second-order valence-corrected chi connectivity index (χ2v) is 3.50. The molecule has 0 N–H and O–H groups in total. The number of methoxy groups -OCH3 is 1. The van der Waals surface area contributed by atoms with Gasteiger partial charge in [-0.2, -0.15) is 5.10 Å². The lowest BCUT2D eigenvalue weighted by Crippen LogP contribution is -2.00. The fraction of sp³-hybridized carbons (Fsp3) is 0.182. The zero-order valence-corrected chi connectivity index (χ0v) is 9.24. The average Bonchev–Trinajstić information content (AvgIpc) is 2.78. The summed E-state index contributed by atoms with van der Waals surface area (Å²) in [4.78, 5) is 10.0. The van der Waals surface area contributed by atoms with Crippen LogP contribution in [0.3, 0.4) is 0 Å². The molecule has 1 aromatic heterocycles. The van der Waals surface area contributed by atoms with E-state index >= 15 is 0 Å². The summed E-state index contributed by atoms with van der Waals surface area (Å²) in [6.45, 7) is 0.477. The van der Waals surface area contributed by atoms with Crippen molar-refractivity contribution in [3.8, 4) is 5.75 Å². The van der Waals surface area contributed by atoms with Crippen molar-refractivity contribution in [1.82, 2.24) is 9.78 Å². The van der Waals surface area contributed by atoms with E-state index in [9.17, 15) is 10.1 Å².